The van der Waals surface area contributed by atoms with Crippen molar-refractivity contribution >= 4 is 17.5 Å². The predicted octanol–water partition coefficient (Wildman–Crippen LogP) is 1.44. The molecular weight excluding hydrogens is 414 g/mol. The zero-order valence-electron chi connectivity index (χ0n) is 19.7. The molecule has 2 aliphatic rings. The lowest BCUT2D eigenvalue weighted by Gasteiger charge is -2.38. The van der Waals surface area contributed by atoms with E-state index in [0.717, 1.165) is 44.7 Å². The molecule has 0 spiro atoms. The fourth-order valence-electron chi connectivity index (χ4n) is 4.70. The lowest BCUT2D eigenvalue weighted by molar-refractivity contribution is -0.139. The van der Waals surface area contributed by atoms with E-state index in [2.05, 4.69) is 57.6 Å². The van der Waals surface area contributed by atoms with Crippen LogP contribution in [0.25, 0.3) is 0 Å². The number of hydrogen-bond acceptors (Lipinski definition) is 5. The first-order valence-electron chi connectivity index (χ1n) is 11.9. The summed E-state index contributed by atoms with van der Waals surface area (Å²) in [6.07, 6.45) is 1.75. The third-order valence-electron chi connectivity index (χ3n) is 6.80. The van der Waals surface area contributed by atoms with Crippen molar-refractivity contribution in [2.24, 2.45) is 0 Å². The summed E-state index contributed by atoms with van der Waals surface area (Å²) in [5.74, 6) is -1.14. The molecule has 1 unspecified atom stereocenters. The fourth-order valence-corrected chi connectivity index (χ4v) is 4.70. The Morgan fingerprint density at radius 3 is 2.39 bits per heavy atom. The van der Waals surface area contributed by atoms with Crippen LogP contribution in [0.5, 0.6) is 0 Å². The molecule has 2 amide bonds. The Hall–Kier alpha value is -2.90. The number of fused-ring (bicyclic) bond motifs is 1. The van der Waals surface area contributed by atoms with Gasteiger partial charge in [-0.3, -0.25) is 14.5 Å². The predicted molar refractivity (Wildman–Crippen MR) is 131 cm³/mol. The number of amides is 2. The number of hydrogen-bond donors (Lipinski definition) is 2. The SMILES string of the molecule is CN1CCN(C(CNC(=O)C(=O)NCCc2ccccc2)c2ccc3c(c2)CCN3C)CC1. The maximum absolute atomic E-state index is 12.5. The van der Waals surface area contributed by atoms with Crippen LogP contribution in [-0.4, -0.2) is 81.5 Å². The molecule has 0 aromatic heterocycles. The van der Waals surface area contributed by atoms with E-state index in [1.807, 2.05) is 30.3 Å². The van der Waals surface area contributed by atoms with Gasteiger partial charge in [0, 0.05) is 58.5 Å². The van der Waals surface area contributed by atoms with Crippen LogP contribution in [0.1, 0.15) is 22.7 Å². The van der Waals surface area contributed by atoms with Gasteiger partial charge < -0.3 is 20.4 Å². The molecule has 7 heteroatoms. The molecule has 2 heterocycles. The molecule has 1 saturated heterocycles. The number of carbonyl (C=O) groups is 2. The van der Waals surface area contributed by atoms with E-state index in [4.69, 9.17) is 0 Å². The van der Waals surface area contributed by atoms with Crippen molar-refractivity contribution in [1.82, 2.24) is 20.4 Å². The molecule has 0 saturated carbocycles. The standard InChI is InChI=1S/C26H35N5O2/c1-29-14-16-31(17-15-29)24(21-8-9-23-22(18-21)11-13-30(23)2)19-28-26(33)25(32)27-12-10-20-6-4-3-5-7-20/h3-9,18,24H,10-17,19H2,1-2H3,(H,27,32)(H,28,33). The Morgan fingerprint density at radius 1 is 0.909 bits per heavy atom. The highest BCUT2D eigenvalue weighted by molar-refractivity contribution is 6.35. The highest BCUT2D eigenvalue weighted by atomic mass is 16.2. The summed E-state index contributed by atoms with van der Waals surface area (Å²) in [5.41, 5.74) is 4.99. The van der Waals surface area contributed by atoms with Crippen molar-refractivity contribution in [1.29, 1.82) is 0 Å². The minimum Gasteiger partial charge on any atom is -0.374 e. The van der Waals surface area contributed by atoms with Gasteiger partial charge in [0.15, 0.2) is 0 Å². The van der Waals surface area contributed by atoms with E-state index in [9.17, 15) is 9.59 Å². The average Bonchev–Trinajstić information content (AvgIpc) is 3.21. The fraction of sp³-hybridized carbons (Fsp3) is 0.462. The van der Waals surface area contributed by atoms with E-state index >= 15 is 0 Å². The number of piperazine rings is 1. The van der Waals surface area contributed by atoms with Crippen LogP contribution in [0.15, 0.2) is 48.5 Å². The minimum atomic E-state index is -0.571. The van der Waals surface area contributed by atoms with Crippen molar-refractivity contribution in [3.8, 4) is 0 Å². The van der Waals surface area contributed by atoms with Gasteiger partial charge in [-0.15, -0.1) is 0 Å². The Balaban J connectivity index is 1.37. The van der Waals surface area contributed by atoms with Crippen LogP contribution in [0.4, 0.5) is 5.69 Å². The summed E-state index contributed by atoms with van der Waals surface area (Å²) in [4.78, 5) is 31.9. The second-order valence-electron chi connectivity index (χ2n) is 9.12. The van der Waals surface area contributed by atoms with E-state index < -0.39 is 11.8 Å². The van der Waals surface area contributed by atoms with E-state index in [0.29, 0.717) is 19.5 Å². The van der Waals surface area contributed by atoms with Gasteiger partial charge in [0.2, 0.25) is 0 Å². The van der Waals surface area contributed by atoms with Gasteiger partial charge in [-0.25, -0.2) is 0 Å². The Kier molecular flexibility index (Phi) is 7.62. The van der Waals surface area contributed by atoms with Gasteiger partial charge in [0.05, 0.1) is 6.04 Å². The molecule has 0 radical (unpaired) electrons. The van der Waals surface area contributed by atoms with Crippen LogP contribution >= 0.6 is 0 Å². The van der Waals surface area contributed by atoms with Gasteiger partial charge >= 0.3 is 11.8 Å². The highest BCUT2D eigenvalue weighted by Gasteiger charge is 2.27. The largest absolute Gasteiger partial charge is 0.374 e. The molecule has 2 aliphatic heterocycles. The minimum absolute atomic E-state index is 0.0518. The molecule has 7 nitrogen and oxygen atoms in total. The summed E-state index contributed by atoms with van der Waals surface area (Å²) >= 11 is 0. The van der Waals surface area contributed by atoms with Gasteiger partial charge in [-0.2, -0.15) is 0 Å². The first-order valence-corrected chi connectivity index (χ1v) is 11.9. The van der Waals surface area contributed by atoms with Crippen LogP contribution in [-0.2, 0) is 22.4 Å². The summed E-state index contributed by atoms with van der Waals surface area (Å²) in [6.45, 7) is 5.78. The molecule has 1 fully saturated rings. The lowest BCUT2D eigenvalue weighted by atomic mass is 10.00. The zero-order valence-corrected chi connectivity index (χ0v) is 19.7. The number of nitrogens with zero attached hydrogens (tertiary/aromatic N) is 3. The third-order valence-corrected chi connectivity index (χ3v) is 6.80. The van der Waals surface area contributed by atoms with Crippen LogP contribution in [0, 0.1) is 0 Å². The highest BCUT2D eigenvalue weighted by Crippen LogP contribution is 2.31. The smallest absolute Gasteiger partial charge is 0.309 e. The molecule has 2 N–H and O–H groups in total. The molecule has 0 bridgehead atoms. The second kappa shape index (κ2) is 10.8. The summed E-state index contributed by atoms with van der Waals surface area (Å²) in [5, 5.41) is 5.64. The molecule has 176 valence electrons. The molecule has 1 atom stereocenters. The van der Waals surface area contributed by atoms with Crippen LogP contribution < -0.4 is 15.5 Å². The molecule has 33 heavy (non-hydrogen) atoms. The van der Waals surface area contributed by atoms with E-state index in [-0.39, 0.29) is 6.04 Å². The monoisotopic (exact) mass is 449 g/mol. The van der Waals surface area contributed by atoms with Gasteiger partial charge in [-0.1, -0.05) is 42.5 Å². The first-order chi connectivity index (χ1) is 16.0. The van der Waals surface area contributed by atoms with Crippen molar-refractivity contribution < 1.29 is 9.59 Å². The number of anilines is 1. The molecule has 4 rings (SSSR count). The second-order valence-corrected chi connectivity index (χ2v) is 9.12. The van der Waals surface area contributed by atoms with Gasteiger partial charge in [-0.05, 0) is 42.6 Å². The van der Waals surface area contributed by atoms with E-state index in [1.54, 1.807) is 0 Å². The molecule has 2 aromatic carbocycles. The van der Waals surface area contributed by atoms with Crippen molar-refractivity contribution in [2.75, 3.05) is 64.8 Å². The maximum Gasteiger partial charge on any atom is 0.309 e. The van der Waals surface area contributed by atoms with Crippen LogP contribution in [0.3, 0.4) is 0 Å². The number of likely N-dealkylation sites (N-methyl/N-ethyl adjacent to an activating group) is 2. The summed E-state index contributed by atoms with van der Waals surface area (Å²) in [6, 6.07) is 16.6. The normalized spacial score (nSPS) is 17.5. The topological polar surface area (TPSA) is 67.9 Å². The number of nitrogens with one attached hydrogen (secondary N) is 2. The van der Waals surface area contributed by atoms with Gasteiger partial charge in [0.1, 0.15) is 0 Å². The van der Waals surface area contributed by atoms with Crippen molar-refractivity contribution in [3.63, 3.8) is 0 Å². The Labute approximate surface area is 196 Å². The Morgan fingerprint density at radius 2 is 1.64 bits per heavy atom. The maximum atomic E-state index is 12.5. The lowest BCUT2D eigenvalue weighted by Crippen LogP contribution is -2.49. The van der Waals surface area contributed by atoms with E-state index in [1.165, 1.54) is 16.8 Å². The quantitative estimate of drug-likeness (QED) is 0.627. The Bertz CT molecular complexity index is 956. The molecule has 2 aromatic rings. The third kappa shape index (κ3) is 5.92. The zero-order chi connectivity index (χ0) is 23.2. The van der Waals surface area contributed by atoms with Crippen LogP contribution in [0.2, 0.25) is 0 Å². The summed E-state index contributed by atoms with van der Waals surface area (Å²) < 4.78 is 0. The first kappa shape index (κ1) is 23.3. The number of carbonyl (C=O) groups excluding carboxylic acids is 2. The molecular formula is C26H35N5O2. The number of benzene rings is 2. The molecule has 0 aliphatic carbocycles. The number of rotatable bonds is 7. The van der Waals surface area contributed by atoms with Crippen molar-refractivity contribution in [3.05, 3.63) is 65.2 Å². The van der Waals surface area contributed by atoms with Gasteiger partial charge in [0.25, 0.3) is 0 Å². The average molecular weight is 450 g/mol. The van der Waals surface area contributed by atoms with Crippen molar-refractivity contribution in [2.45, 2.75) is 18.9 Å². The summed E-state index contributed by atoms with van der Waals surface area (Å²) in [7, 11) is 4.26.